The number of hydrogen-bond donors (Lipinski definition) is 0. The van der Waals surface area contributed by atoms with Crippen LogP contribution in [-0.4, -0.2) is 23.0 Å². The second-order valence-corrected chi connectivity index (χ2v) is 13.6. The summed E-state index contributed by atoms with van der Waals surface area (Å²) in [6, 6.07) is 63.1. The Morgan fingerprint density at radius 3 is 2.02 bits per heavy atom. The third-order valence-electron chi connectivity index (χ3n) is 10.4. The maximum absolute atomic E-state index is 6.46. The predicted molar refractivity (Wildman–Crippen MR) is 230 cm³/mol. The Labute approximate surface area is 317 Å². The second-order valence-electron chi connectivity index (χ2n) is 13.6. The summed E-state index contributed by atoms with van der Waals surface area (Å²) in [5.74, 6) is 1.13. The molecule has 10 rings (SSSR count). The smallest absolute Gasteiger partial charge is 0.161 e. The van der Waals surface area contributed by atoms with E-state index in [9.17, 15) is 0 Å². The lowest BCUT2D eigenvalue weighted by Gasteiger charge is -2.15. The summed E-state index contributed by atoms with van der Waals surface area (Å²) in [4.78, 5) is 14.6. The van der Waals surface area contributed by atoms with Gasteiger partial charge in [-0.1, -0.05) is 146 Å². The molecule has 260 valence electrons. The van der Waals surface area contributed by atoms with Crippen molar-refractivity contribution in [3.8, 4) is 16.8 Å². The highest BCUT2D eigenvalue weighted by molar-refractivity contribution is 6.19. The van der Waals surface area contributed by atoms with E-state index in [0.29, 0.717) is 18.2 Å². The summed E-state index contributed by atoms with van der Waals surface area (Å²) in [5, 5.41) is 6.75. The first-order valence-corrected chi connectivity index (χ1v) is 18.4. The fraction of sp³-hybridized carbons (Fsp3) is 0.0200. The average Bonchev–Trinajstić information content (AvgIpc) is 3.80. The molecule has 2 aromatic heterocycles. The lowest BCUT2D eigenvalue weighted by atomic mass is 10.00. The van der Waals surface area contributed by atoms with Crippen LogP contribution in [0.2, 0.25) is 0 Å². The molecule has 0 unspecified atom stereocenters. The van der Waals surface area contributed by atoms with Gasteiger partial charge in [0.1, 0.15) is 11.2 Å². The lowest BCUT2D eigenvalue weighted by Crippen LogP contribution is -2.07. The summed E-state index contributed by atoms with van der Waals surface area (Å²) in [5.41, 5.74) is 10.2. The van der Waals surface area contributed by atoms with E-state index < -0.39 is 0 Å². The van der Waals surface area contributed by atoms with Gasteiger partial charge in [0.05, 0.1) is 23.3 Å². The maximum atomic E-state index is 6.46. The minimum atomic E-state index is 0.478. The molecule has 0 saturated carbocycles. The molecule has 2 heterocycles. The van der Waals surface area contributed by atoms with E-state index >= 15 is 0 Å². The first-order valence-electron chi connectivity index (χ1n) is 18.4. The van der Waals surface area contributed by atoms with Crippen LogP contribution in [-0.2, 0) is 6.54 Å². The van der Waals surface area contributed by atoms with Crippen LogP contribution in [0.5, 0.6) is 0 Å². The molecular formula is C50H34N4O. The molecule has 0 aliphatic heterocycles. The number of fused-ring (bicyclic) bond motifs is 7. The second kappa shape index (κ2) is 13.6. The van der Waals surface area contributed by atoms with E-state index in [1.54, 1.807) is 0 Å². The van der Waals surface area contributed by atoms with Gasteiger partial charge in [-0.2, -0.15) is 0 Å². The Kier molecular flexibility index (Phi) is 7.96. The van der Waals surface area contributed by atoms with E-state index in [0.717, 1.165) is 77.2 Å². The molecule has 0 radical (unpaired) electrons. The minimum absolute atomic E-state index is 0.478. The zero-order valence-electron chi connectivity index (χ0n) is 29.9. The number of amidine groups is 2. The summed E-state index contributed by atoms with van der Waals surface area (Å²) < 4.78 is 8.84. The van der Waals surface area contributed by atoms with Crippen LogP contribution < -0.4 is 0 Å². The molecule has 5 nitrogen and oxygen atoms in total. The number of nitrogens with zero attached hydrogens (tertiary/aromatic N) is 4. The molecule has 0 amide bonds. The van der Waals surface area contributed by atoms with Crippen LogP contribution in [0.3, 0.4) is 0 Å². The van der Waals surface area contributed by atoms with Crippen LogP contribution >= 0.6 is 0 Å². The first-order chi connectivity index (χ1) is 27.2. The van der Waals surface area contributed by atoms with Crippen molar-refractivity contribution in [2.75, 3.05) is 0 Å². The Morgan fingerprint density at radius 1 is 0.527 bits per heavy atom. The third kappa shape index (κ3) is 5.61. The van der Waals surface area contributed by atoms with Gasteiger partial charge < -0.3 is 8.98 Å². The third-order valence-corrected chi connectivity index (χ3v) is 10.4. The van der Waals surface area contributed by atoms with Gasteiger partial charge in [0, 0.05) is 43.6 Å². The highest BCUT2D eigenvalue weighted by Crippen LogP contribution is 2.40. The van der Waals surface area contributed by atoms with Crippen LogP contribution in [0.1, 0.15) is 16.7 Å². The number of aliphatic imine (C=N–C) groups is 3. The lowest BCUT2D eigenvalue weighted by molar-refractivity contribution is 0.670. The van der Waals surface area contributed by atoms with Gasteiger partial charge in [0.15, 0.2) is 11.7 Å². The van der Waals surface area contributed by atoms with Crippen LogP contribution in [0.15, 0.2) is 201 Å². The van der Waals surface area contributed by atoms with Crippen molar-refractivity contribution in [1.82, 2.24) is 4.57 Å². The molecule has 0 bridgehead atoms. The zero-order valence-corrected chi connectivity index (χ0v) is 29.9. The van der Waals surface area contributed by atoms with Gasteiger partial charge in [0.25, 0.3) is 0 Å². The molecule has 0 N–H and O–H groups in total. The van der Waals surface area contributed by atoms with E-state index in [2.05, 4.69) is 138 Å². The number of furan rings is 1. The fourth-order valence-corrected chi connectivity index (χ4v) is 7.86. The highest BCUT2D eigenvalue weighted by Gasteiger charge is 2.19. The van der Waals surface area contributed by atoms with Crippen LogP contribution in [0, 0.1) is 0 Å². The topological polar surface area (TPSA) is 55.1 Å². The van der Waals surface area contributed by atoms with Crippen molar-refractivity contribution in [1.29, 1.82) is 0 Å². The van der Waals surface area contributed by atoms with E-state index in [-0.39, 0.29) is 0 Å². The van der Waals surface area contributed by atoms with Crippen molar-refractivity contribution >= 4 is 72.9 Å². The predicted octanol–water partition coefficient (Wildman–Crippen LogP) is 12.6. The van der Waals surface area contributed by atoms with Crippen LogP contribution in [0.4, 0.5) is 0 Å². The largest absolute Gasteiger partial charge is 0.455 e. The molecule has 0 aliphatic rings. The summed E-state index contributed by atoms with van der Waals surface area (Å²) in [6.45, 7) is 4.35. The highest BCUT2D eigenvalue weighted by atomic mass is 16.3. The van der Waals surface area contributed by atoms with Gasteiger partial charge in [-0.3, -0.25) is 4.99 Å². The van der Waals surface area contributed by atoms with Gasteiger partial charge >= 0.3 is 0 Å². The SMILES string of the molecule is C=N/C(=N\C(=N/Cc1ccccc1)c1ccc(-n2c3ccccc3c3cc(-c4cccc5c4oc4ccccc45)ccc32)c2ccccc12)c1ccccc1. The fourth-order valence-electron chi connectivity index (χ4n) is 7.86. The van der Waals surface area contributed by atoms with Gasteiger partial charge in [0.2, 0.25) is 0 Å². The molecule has 10 aromatic rings. The van der Waals surface area contributed by atoms with Gasteiger partial charge in [-0.15, -0.1) is 0 Å². The van der Waals surface area contributed by atoms with Gasteiger partial charge in [-0.05, 0) is 59.6 Å². The molecule has 5 heteroatoms. The Balaban J connectivity index is 1.16. The molecule has 55 heavy (non-hydrogen) atoms. The minimum Gasteiger partial charge on any atom is -0.455 e. The Bertz CT molecular complexity index is 3130. The first kappa shape index (κ1) is 32.3. The molecule has 0 atom stereocenters. The van der Waals surface area contributed by atoms with Crippen molar-refractivity contribution in [3.05, 3.63) is 199 Å². The van der Waals surface area contributed by atoms with Crippen molar-refractivity contribution in [3.63, 3.8) is 0 Å². The number of para-hydroxylation sites is 3. The van der Waals surface area contributed by atoms with E-state index in [1.807, 2.05) is 60.7 Å². The number of benzene rings is 8. The average molecular weight is 707 g/mol. The van der Waals surface area contributed by atoms with Crippen molar-refractivity contribution < 1.29 is 4.42 Å². The van der Waals surface area contributed by atoms with Crippen LogP contribution in [0.25, 0.3) is 71.3 Å². The Morgan fingerprint density at radius 2 is 1.20 bits per heavy atom. The maximum Gasteiger partial charge on any atom is 0.161 e. The molecule has 0 aliphatic carbocycles. The quantitative estimate of drug-likeness (QED) is 0.125. The molecule has 0 saturated heterocycles. The summed E-state index contributed by atoms with van der Waals surface area (Å²) in [6.07, 6.45) is 0. The molecule has 0 spiro atoms. The summed E-state index contributed by atoms with van der Waals surface area (Å²) >= 11 is 0. The van der Waals surface area contributed by atoms with Gasteiger partial charge in [-0.25, -0.2) is 9.98 Å². The molecule has 0 fully saturated rings. The zero-order chi connectivity index (χ0) is 36.7. The number of aromatic nitrogens is 1. The Hall–Kier alpha value is -7.37. The normalized spacial score (nSPS) is 12.4. The van der Waals surface area contributed by atoms with E-state index in [4.69, 9.17) is 14.4 Å². The standard InChI is InChI=1S/C50H34N4O/c1-51-49(34-17-6-3-7-18-34)53-50(52-32-33-15-4-2-5-16-33)42-28-30-45(38-20-9-8-19-37(38)42)54-44-25-12-10-21-39(44)43-31-35(27-29-46(43)54)36-23-14-24-41-40-22-11-13-26-47(40)55-48(36)41/h2-31H,1,32H2/b52-50-,53-49-. The number of rotatable bonds is 6. The van der Waals surface area contributed by atoms with E-state index in [1.165, 1.54) is 10.8 Å². The monoisotopic (exact) mass is 706 g/mol. The number of hydrogen-bond acceptors (Lipinski definition) is 2. The van der Waals surface area contributed by atoms with Crippen molar-refractivity contribution in [2.24, 2.45) is 15.0 Å². The van der Waals surface area contributed by atoms with Crippen molar-refractivity contribution in [2.45, 2.75) is 6.54 Å². The molecular weight excluding hydrogens is 673 g/mol. The molecule has 8 aromatic carbocycles. The summed E-state index contributed by atoms with van der Waals surface area (Å²) in [7, 11) is 0.